The van der Waals surface area contributed by atoms with Crippen molar-refractivity contribution < 1.29 is 13.2 Å². The van der Waals surface area contributed by atoms with Crippen LogP contribution < -0.4 is 4.90 Å². The summed E-state index contributed by atoms with van der Waals surface area (Å²) in [6.07, 6.45) is 0.626. The number of hydrogen-bond acceptors (Lipinski definition) is 4. The van der Waals surface area contributed by atoms with Crippen molar-refractivity contribution in [2.24, 2.45) is 0 Å². The summed E-state index contributed by atoms with van der Waals surface area (Å²) >= 11 is 6.16. The number of aryl methyl sites for hydroxylation is 1. The minimum absolute atomic E-state index is 0.0956. The maximum atomic E-state index is 12.8. The number of carbonyl (C=O) groups excluding carboxylic acids is 1. The molecule has 3 rings (SSSR count). The van der Waals surface area contributed by atoms with Crippen LogP contribution in [0.2, 0.25) is 5.02 Å². The number of sulfonamides is 1. The van der Waals surface area contributed by atoms with Crippen LogP contribution in [-0.2, 0) is 27.8 Å². The van der Waals surface area contributed by atoms with Crippen LogP contribution in [0.15, 0.2) is 23.1 Å². The van der Waals surface area contributed by atoms with E-state index in [2.05, 4.69) is 5.10 Å². The van der Waals surface area contributed by atoms with Crippen LogP contribution in [-0.4, -0.2) is 48.0 Å². The highest BCUT2D eigenvalue weighted by molar-refractivity contribution is 7.89. The average molecular weight is 425 g/mol. The van der Waals surface area contributed by atoms with Crippen molar-refractivity contribution in [3.63, 3.8) is 0 Å². The van der Waals surface area contributed by atoms with Crippen molar-refractivity contribution >= 4 is 33.2 Å². The molecule has 0 atom stereocenters. The first kappa shape index (κ1) is 20.8. The maximum Gasteiger partial charge on any atom is 0.248 e. The van der Waals surface area contributed by atoms with Gasteiger partial charge in [0.05, 0.1) is 21.3 Å². The standard InChI is InChI=1S/C19H25ClN4O3S/c1-5-22(6-2)28(26,27)16-7-8-17-15(11-16)9-10-23(17)18(25)12-24-14(4)19(20)13(3)21-24/h7-8,11H,5-6,9-10,12H2,1-4H3. The highest BCUT2D eigenvalue weighted by Crippen LogP contribution is 2.31. The largest absolute Gasteiger partial charge is 0.310 e. The van der Waals surface area contributed by atoms with Crippen LogP contribution in [0.3, 0.4) is 0 Å². The molecule has 0 radical (unpaired) electrons. The molecular formula is C19H25ClN4O3S. The van der Waals surface area contributed by atoms with Crippen molar-refractivity contribution in [3.8, 4) is 0 Å². The number of anilines is 1. The SMILES string of the molecule is CCN(CC)S(=O)(=O)c1ccc2c(c1)CCN2C(=O)Cn1nc(C)c(Cl)c1C. The molecule has 0 bridgehead atoms. The second-order valence-electron chi connectivity index (χ2n) is 6.82. The molecule has 9 heteroatoms. The number of halogens is 1. The molecule has 152 valence electrons. The van der Waals surface area contributed by atoms with E-state index < -0.39 is 10.0 Å². The van der Waals surface area contributed by atoms with Gasteiger partial charge in [-0.25, -0.2) is 8.42 Å². The Morgan fingerprint density at radius 1 is 1.25 bits per heavy atom. The minimum atomic E-state index is -3.52. The molecule has 2 heterocycles. The second kappa shape index (κ2) is 7.85. The number of nitrogens with zero attached hydrogens (tertiary/aromatic N) is 4. The average Bonchev–Trinajstić information content (AvgIpc) is 3.19. The number of benzene rings is 1. The molecule has 1 aromatic heterocycles. The number of amides is 1. The summed E-state index contributed by atoms with van der Waals surface area (Å²) in [6.45, 7) is 8.74. The summed E-state index contributed by atoms with van der Waals surface area (Å²) in [7, 11) is -3.52. The van der Waals surface area contributed by atoms with E-state index in [1.54, 1.807) is 34.7 Å². The van der Waals surface area contributed by atoms with Gasteiger partial charge in [0, 0.05) is 25.3 Å². The number of hydrogen-bond donors (Lipinski definition) is 0. The first-order chi connectivity index (χ1) is 13.2. The summed E-state index contributed by atoms with van der Waals surface area (Å²) in [5, 5.41) is 4.88. The Kier molecular flexibility index (Phi) is 5.84. The van der Waals surface area contributed by atoms with Crippen LogP contribution in [0.4, 0.5) is 5.69 Å². The van der Waals surface area contributed by atoms with E-state index in [0.717, 1.165) is 16.9 Å². The zero-order valence-corrected chi connectivity index (χ0v) is 18.1. The van der Waals surface area contributed by atoms with Crippen molar-refractivity contribution in [3.05, 3.63) is 40.2 Å². The van der Waals surface area contributed by atoms with Gasteiger partial charge >= 0.3 is 0 Å². The summed E-state index contributed by atoms with van der Waals surface area (Å²) in [5.74, 6) is -0.0969. The molecule has 7 nitrogen and oxygen atoms in total. The zero-order valence-electron chi connectivity index (χ0n) is 16.6. The van der Waals surface area contributed by atoms with Gasteiger partial charge in [-0.2, -0.15) is 9.40 Å². The lowest BCUT2D eigenvalue weighted by atomic mass is 10.2. The van der Waals surface area contributed by atoms with E-state index in [1.807, 2.05) is 20.8 Å². The fourth-order valence-electron chi connectivity index (χ4n) is 3.55. The summed E-state index contributed by atoms with van der Waals surface area (Å²) < 4.78 is 28.5. The molecule has 1 aromatic carbocycles. The van der Waals surface area contributed by atoms with Gasteiger partial charge < -0.3 is 4.90 Å². The monoisotopic (exact) mass is 424 g/mol. The van der Waals surface area contributed by atoms with E-state index in [9.17, 15) is 13.2 Å². The van der Waals surface area contributed by atoms with Crippen molar-refractivity contribution in [2.45, 2.75) is 45.6 Å². The third-order valence-electron chi connectivity index (χ3n) is 5.17. The molecule has 2 aromatic rings. The first-order valence-electron chi connectivity index (χ1n) is 9.33. The molecule has 0 spiro atoms. The van der Waals surface area contributed by atoms with E-state index in [-0.39, 0.29) is 17.3 Å². The smallest absolute Gasteiger partial charge is 0.248 e. The van der Waals surface area contributed by atoms with Gasteiger partial charge in [0.2, 0.25) is 15.9 Å². The Balaban J connectivity index is 1.84. The number of rotatable bonds is 6. The summed E-state index contributed by atoms with van der Waals surface area (Å²) in [5.41, 5.74) is 3.08. The quantitative estimate of drug-likeness (QED) is 0.714. The third kappa shape index (κ3) is 3.56. The number of fused-ring (bicyclic) bond motifs is 1. The Morgan fingerprint density at radius 2 is 1.93 bits per heavy atom. The molecule has 1 amide bonds. The highest BCUT2D eigenvalue weighted by Gasteiger charge is 2.29. The summed E-state index contributed by atoms with van der Waals surface area (Å²) in [4.78, 5) is 14.8. The van der Waals surface area contributed by atoms with Gasteiger partial charge in [0.15, 0.2) is 0 Å². The number of carbonyl (C=O) groups is 1. The van der Waals surface area contributed by atoms with Crippen LogP contribution in [0.5, 0.6) is 0 Å². The topological polar surface area (TPSA) is 75.5 Å². The van der Waals surface area contributed by atoms with Crippen LogP contribution in [0.1, 0.15) is 30.8 Å². The van der Waals surface area contributed by atoms with Crippen molar-refractivity contribution in [1.29, 1.82) is 0 Å². The highest BCUT2D eigenvalue weighted by atomic mass is 35.5. The first-order valence-corrected chi connectivity index (χ1v) is 11.1. The van der Waals surface area contributed by atoms with E-state index in [1.165, 1.54) is 4.31 Å². The zero-order chi connectivity index (χ0) is 20.6. The molecule has 0 saturated carbocycles. The molecule has 28 heavy (non-hydrogen) atoms. The van der Waals surface area contributed by atoms with Gasteiger partial charge in [-0.15, -0.1) is 0 Å². The van der Waals surface area contributed by atoms with Crippen molar-refractivity contribution in [1.82, 2.24) is 14.1 Å². The van der Waals surface area contributed by atoms with E-state index >= 15 is 0 Å². The molecular weight excluding hydrogens is 400 g/mol. The fourth-order valence-corrected chi connectivity index (χ4v) is 5.20. The number of aromatic nitrogens is 2. The molecule has 0 fully saturated rings. The van der Waals surface area contributed by atoms with Gasteiger partial charge in [-0.05, 0) is 44.0 Å². The van der Waals surface area contributed by atoms with Gasteiger partial charge in [0.25, 0.3) is 0 Å². The Hall–Kier alpha value is -1.90. The normalized spacial score (nSPS) is 14.0. The fraction of sp³-hybridized carbons (Fsp3) is 0.474. The third-order valence-corrected chi connectivity index (χ3v) is 7.76. The second-order valence-corrected chi connectivity index (χ2v) is 9.13. The van der Waals surface area contributed by atoms with Gasteiger partial charge in [0.1, 0.15) is 6.54 Å². The Labute approximate surface area is 170 Å². The maximum absolute atomic E-state index is 12.8. The van der Waals surface area contributed by atoms with E-state index in [4.69, 9.17) is 11.6 Å². The molecule has 0 unspecified atom stereocenters. The Bertz CT molecular complexity index is 1010. The predicted molar refractivity (Wildman–Crippen MR) is 109 cm³/mol. The summed E-state index contributed by atoms with van der Waals surface area (Å²) in [6, 6.07) is 5.00. The van der Waals surface area contributed by atoms with Gasteiger partial charge in [-0.1, -0.05) is 25.4 Å². The Morgan fingerprint density at radius 3 is 2.50 bits per heavy atom. The van der Waals surface area contributed by atoms with Gasteiger partial charge in [-0.3, -0.25) is 9.48 Å². The molecule has 0 saturated heterocycles. The molecule has 0 aliphatic carbocycles. The minimum Gasteiger partial charge on any atom is -0.310 e. The molecule has 1 aliphatic rings. The molecule has 1 aliphatic heterocycles. The van der Waals surface area contributed by atoms with E-state index in [0.29, 0.717) is 36.8 Å². The van der Waals surface area contributed by atoms with Crippen molar-refractivity contribution in [2.75, 3.05) is 24.5 Å². The van der Waals surface area contributed by atoms with Crippen LogP contribution >= 0.6 is 11.6 Å². The lowest BCUT2D eigenvalue weighted by molar-refractivity contribution is -0.119. The lowest BCUT2D eigenvalue weighted by Gasteiger charge is -2.20. The van der Waals surface area contributed by atoms with Crippen LogP contribution in [0, 0.1) is 13.8 Å². The lowest BCUT2D eigenvalue weighted by Crippen LogP contribution is -2.33. The molecule has 0 N–H and O–H groups in total. The predicted octanol–water partition coefficient (Wildman–Crippen LogP) is 2.77. The van der Waals surface area contributed by atoms with Crippen LogP contribution in [0.25, 0.3) is 0 Å².